The third-order valence-corrected chi connectivity index (χ3v) is 5.67. The number of anilines is 1. The minimum atomic E-state index is 0.0114. The van der Waals surface area contributed by atoms with Gasteiger partial charge in [0.25, 0.3) is 0 Å². The van der Waals surface area contributed by atoms with Crippen LogP contribution in [-0.2, 0) is 11.3 Å². The highest BCUT2D eigenvalue weighted by Crippen LogP contribution is 2.23. The van der Waals surface area contributed by atoms with Crippen molar-refractivity contribution in [1.82, 2.24) is 15.3 Å². The molecular formula is C23H23ClN4O. The molecule has 5 nitrogen and oxygen atoms in total. The van der Waals surface area contributed by atoms with Gasteiger partial charge in [0.15, 0.2) is 0 Å². The highest BCUT2D eigenvalue weighted by Gasteiger charge is 2.26. The Kier molecular flexibility index (Phi) is 6.06. The SMILES string of the molecule is O=C(NCc1ccccc1Cl)C1CCN(c2ncc(-c3ccccc3)cn2)CC1. The molecule has 0 unspecified atom stereocenters. The summed E-state index contributed by atoms with van der Waals surface area (Å²) in [6.45, 7) is 2.01. The number of halogens is 1. The van der Waals surface area contributed by atoms with Crippen molar-refractivity contribution in [3.05, 3.63) is 77.6 Å². The first-order chi connectivity index (χ1) is 14.2. The molecule has 2 aromatic carbocycles. The van der Waals surface area contributed by atoms with Gasteiger partial charge in [-0.1, -0.05) is 60.1 Å². The summed E-state index contributed by atoms with van der Waals surface area (Å²) in [7, 11) is 0. The Labute approximate surface area is 175 Å². The third kappa shape index (κ3) is 4.74. The van der Waals surface area contributed by atoms with Gasteiger partial charge in [0.2, 0.25) is 11.9 Å². The van der Waals surface area contributed by atoms with Gasteiger partial charge in [-0.15, -0.1) is 0 Å². The molecule has 0 atom stereocenters. The zero-order valence-electron chi connectivity index (χ0n) is 16.1. The number of carbonyl (C=O) groups excluding carboxylic acids is 1. The van der Waals surface area contributed by atoms with Crippen molar-refractivity contribution < 1.29 is 4.79 Å². The Hall–Kier alpha value is -2.92. The molecule has 1 aliphatic rings. The van der Waals surface area contributed by atoms with E-state index in [4.69, 9.17) is 11.6 Å². The van der Waals surface area contributed by atoms with Crippen LogP contribution in [0.5, 0.6) is 0 Å². The quantitative estimate of drug-likeness (QED) is 0.685. The summed E-state index contributed by atoms with van der Waals surface area (Å²) in [5, 5.41) is 3.70. The monoisotopic (exact) mass is 406 g/mol. The number of nitrogens with one attached hydrogen (secondary N) is 1. The molecule has 4 rings (SSSR count). The van der Waals surface area contributed by atoms with Crippen LogP contribution < -0.4 is 10.2 Å². The average molecular weight is 407 g/mol. The fourth-order valence-corrected chi connectivity index (χ4v) is 3.78. The topological polar surface area (TPSA) is 58.1 Å². The van der Waals surface area contributed by atoms with E-state index in [0.29, 0.717) is 11.6 Å². The van der Waals surface area contributed by atoms with Crippen molar-refractivity contribution in [2.75, 3.05) is 18.0 Å². The number of piperidine rings is 1. The first-order valence-electron chi connectivity index (χ1n) is 9.84. The summed E-state index contributed by atoms with van der Waals surface area (Å²) in [4.78, 5) is 23.7. The van der Waals surface area contributed by atoms with E-state index in [-0.39, 0.29) is 11.8 Å². The van der Waals surface area contributed by atoms with Gasteiger partial charge in [0, 0.05) is 48.5 Å². The maximum atomic E-state index is 12.5. The highest BCUT2D eigenvalue weighted by molar-refractivity contribution is 6.31. The number of rotatable bonds is 5. The molecule has 0 radical (unpaired) electrons. The predicted octanol–water partition coefficient (Wildman–Crippen LogP) is 4.33. The Morgan fingerprint density at radius 3 is 2.31 bits per heavy atom. The number of carbonyl (C=O) groups is 1. The van der Waals surface area contributed by atoms with Gasteiger partial charge >= 0.3 is 0 Å². The fraction of sp³-hybridized carbons (Fsp3) is 0.261. The second-order valence-electron chi connectivity index (χ2n) is 7.21. The minimum Gasteiger partial charge on any atom is -0.352 e. The number of amides is 1. The van der Waals surface area contributed by atoms with Crippen LogP contribution >= 0.6 is 11.6 Å². The van der Waals surface area contributed by atoms with Crippen molar-refractivity contribution in [2.45, 2.75) is 19.4 Å². The van der Waals surface area contributed by atoms with Gasteiger partial charge in [0.1, 0.15) is 0 Å². The maximum Gasteiger partial charge on any atom is 0.225 e. The summed E-state index contributed by atoms with van der Waals surface area (Å²) in [6, 6.07) is 17.7. The zero-order chi connectivity index (χ0) is 20.1. The molecule has 1 saturated heterocycles. The van der Waals surface area contributed by atoms with Crippen molar-refractivity contribution in [2.24, 2.45) is 5.92 Å². The second kappa shape index (κ2) is 9.05. The highest BCUT2D eigenvalue weighted by atomic mass is 35.5. The zero-order valence-corrected chi connectivity index (χ0v) is 16.8. The minimum absolute atomic E-state index is 0.0114. The normalized spacial score (nSPS) is 14.6. The first-order valence-corrected chi connectivity index (χ1v) is 10.2. The van der Waals surface area contributed by atoms with E-state index >= 15 is 0 Å². The predicted molar refractivity (Wildman–Crippen MR) is 116 cm³/mol. The molecule has 29 heavy (non-hydrogen) atoms. The van der Waals surface area contributed by atoms with E-state index in [2.05, 4.69) is 20.2 Å². The summed E-state index contributed by atoms with van der Waals surface area (Å²) in [6.07, 6.45) is 5.30. The Balaban J connectivity index is 1.30. The lowest BCUT2D eigenvalue weighted by atomic mass is 9.96. The molecule has 3 aromatic rings. The molecule has 148 valence electrons. The molecule has 1 aliphatic heterocycles. The van der Waals surface area contributed by atoms with Crippen molar-refractivity contribution in [3.8, 4) is 11.1 Å². The standard InChI is InChI=1S/C23H23ClN4O/c24-21-9-5-4-8-19(21)14-25-22(29)18-10-12-28(13-11-18)23-26-15-20(16-27-23)17-6-2-1-3-7-17/h1-9,15-16,18H,10-14H2,(H,25,29). The van der Waals surface area contributed by atoms with Crippen molar-refractivity contribution in [1.29, 1.82) is 0 Å². The van der Waals surface area contributed by atoms with Crippen LogP contribution in [0.25, 0.3) is 11.1 Å². The van der Waals surface area contributed by atoms with E-state index < -0.39 is 0 Å². The van der Waals surface area contributed by atoms with E-state index in [1.807, 2.05) is 67.0 Å². The lowest BCUT2D eigenvalue weighted by molar-refractivity contribution is -0.125. The van der Waals surface area contributed by atoms with Crippen LogP contribution in [0.2, 0.25) is 5.02 Å². The molecule has 6 heteroatoms. The molecule has 1 N–H and O–H groups in total. The Morgan fingerprint density at radius 2 is 1.62 bits per heavy atom. The van der Waals surface area contributed by atoms with E-state index in [0.717, 1.165) is 48.6 Å². The molecule has 2 heterocycles. The van der Waals surface area contributed by atoms with E-state index in [1.54, 1.807) is 0 Å². The molecule has 1 aromatic heterocycles. The smallest absolute Gasteiger partial charge is 0.225 e. The second-order valence-corrected chi connectivity index (χ2v) is 7.62. The van der Waals surface area contributed by atoms with Crippen LogP contribution in [-0.4, -0.2) is 29.0 Å². The van der Waals surface area contributed by atoms with Gasteiger partial charge in [-0.05, 0) is 30.0 Å². The largest absolute Gasteiger partial charge is 0.352 e. The van der Waals surface area contributed by atoms with Crippen LogP contribution in [0.1, 0.15) is 18.4 Å². The summed E-state index contributed by atoms with van der Waals surface area (Å²) >= 11 is 6.16. The van der Waals surface area contributed by atoms with Crippen molar-refractivity contribution >= 4 is 23.5 Å². The van der Waals surface area contributed by atoms with E-state index in [9.17, 15) is 4.79 Å². The number of aromatic nitrogens is 2. The average Bonchev–Trinajstić information content (AvgIpc) is 2.79. The van der Waals surface area contributed by atoms with Crippen LogP contribution in [0, 0.1) is 5.92 Å². The van der Waals surface area contributed by atoms with Gasteiger partial charge < -0.3 is 10.2 Å². The molecule has 0 aliphatic carbocycles. The first kappa shape index (κ1) is 19.4. The van der Waals surface area contributed by atoms with Gasteiger partial charge in [-0.3, -0.25) is 4.79 Å². The molecule has 0 bridgehead atoms. The Bertz CT molecular complexity index is 954. The summed E-state index contributed by atoms with van der Waals surface area (Å²) in [5.41, 5.74) is 3.04. The third-order valence-electron chi connectivity index (χ3n) is 5.30. The fourth-order valence-electron chi connectivity index (χ4n) is 3.57. The van der Waals surface area contributed by atoms with Gasteiger partial charge in [-0.25, -0.2) is 9.97 Å². The summed E-state index contributed by atoms with van der Waals surface area (Å²) in [5.74, 6) is 0.821. The number of benzene rings is 2. The summed E-state index contributed by atoms with van der Waals surface area (Å²) < 4.78 is 0. The van der Waals surface area contributed by atoms with Crippen LogP contribution in [0.4, 0.5) is 5.95 Å². The molecule has 0 spiro atoms. The van der Waals surface area contributed by atoms with Gasteiger partial charge in [-0.2, -0.15) is 0 Å². The molecule has 0 saturated carbocycles. The number of hydrogen-bond acceptors (Lipinski definition) is 4. The Morgan fingerprint density at radius 1 is 0.966 bits per heavy atom. The lowest BCUT2D eigenvalue weighted by Gasteiger charge is -2.31. The number of nitrogens with zero attached hydrogens (tertiary/aromatic N) is 3. The molecular weight excluding hydrogens is 384 g/mol. The number of hydrogen-bond donors (Lipinski definition) is 1. The van der Waals surface area contributed by atoms with Crippen LogP contribution in [0.3, 0.4) is 0 Å². The van der Waals surface area contributed by atoms with E-state index in [1.165, 1.54) is 0 Å². The lowest BCUT2D eigenvalue weighted by Crippen LogP contribution is -2.41. The molecule has 1 fully saturated rings. The van der Waals surface area contributed by atoms with Crippen LogP contribution in [0.15, 0.2) is 67.0 Å². The maximum absolute atomic E-state index is 12.5. The molecule has 1 amide bonds. The van der Waals surface area contributed by atoms with Gasteiger partial charge in [0.05, 0.1) is 0 Å². The van der Waals surface area contributed by atoms with Crippen molar-refractivity contribution in [3.63, 3.8) is 0 Å².